The number of tetrazole rings is 1. The minimum atomic E-state index is -0.307. The number of hydrogen-bond acceptors (Lipinski definition) is 6. The van der Waals surface area contributed by atoms with E-state index in [9.17, 15) is 9.59 Å². The maximum Gasteiger partial charge on any atom is 0.409 e. The van der Waals surface area contributed by atoms with Gasteiger partial charge in [0.2, 0.25) is 5.91 Å². The standard InChI is InChI=1S/C14H22N6O3/c1-2-23-14(22)19-9-7-18(8-10-19)13(21)11-5-3-4-6-20-12(11)15-16-17-20/h11H,2-10H2,1H3. The third-order valence-electron chi connectivity index (χ3n) is 4.40. The Morgan fingerprint density at radius 2 is 1.87 bits per heavy atom. The summed E-state index contributed by atoms with van der Waals surface area (Å²) in [5.74, 6) is 0.452. The zero-order chi connectivity index (χ0) is 16.2. The molecule has 9 nitrogen and oxygen atoms in total. The highest BCUT2D eigenvalue weighted by Crippen LogP contribution is 2.26. The molecule has 1 fully saturated rings. The van der Waals surface area contributed by atoms with Gasteiger partial charge in [0.05, 0.1) is 12.5 Å². The van der Waals surface area contributed by atoms with Crippen LogP contribution in [0.25, 0.3) is 0 Å². The maximum absolute atomic E-state index is 12.9. The van der Waals surface area contributed by atoms with Crippen LogP contribution >= 0.6 is 0 Å². The molecule has 1 atom stereocenters. The molecule has 23 heavy (non-hydrogen) atoms. The number of carbonyl (C=O) groups excluding carboxylic acids is 2. The number of fused-ring (bicyclic) bond motifs is 1. The number of hydrogen-bond donors (Lipinski definition) is 0. The Morgan fingerprint density at radius 3 is 2.61 bits per heavy atom. The topological polar surface area (TPSA) is 93.5 Å². The third kappa shape index (κ3) is 3.27. The van der Waals surface area contributed by atoms with Crippen LogP contribution in [-0.4, -0.2) is 74.8 Å². The summed E-state index contributed by atoms with van der Waals surface area (Å²) in [5, 5.41) is 11.7. The molecular weight excluding hydrogens is 300 g/mol. The van der Waals surface area contributed by atoms with E-state index < -0.39 is 0 Å². The summed E-state index contributed by atoms with van der Waals surface area (Å²) in [5.41, 5.74) is 0. The molecule has 2 amide bonds. The van der Waals surface area contributed by atoms with Gasteiger partial charge in [0.1, 0.15) is 0 Å². The summed E-state index contributed by atoms with van der Waals surface area (Å²) in [7, 11) is 0. The van der Waals surface area contributed by atoms with Gasteiger partial charge in [-0.1, -0.05) is 6.42 Å². The van der Waals surface area contributed by atoms with Crippen molar-refractivity contribution in [3.63, 3.8) is 0 Å². The van der Waals surface area contributed by atoms with E-state index in [1.165, 1.54) is 0 Å². The molecule has 1 saturated heterocycles. The summed E-state index contributed by atoms with van der Waals surface area (Å²) >= 11 is 0. The number of piperazine rings is 1. The highest BCUT2D eigenvalue weighted by Gasteiger charge is 2.34. The molecule has 0 aromatic carbocycles. The lowest BCUT2D eigenvalue weighted by molar-refractivity contribution is -0.134. The molecule has 9 heteroatoms. The number of amides is 2. The van der Waals surface area contributed by atoms with Crippen molar-refractivity contribution in [2.75, 3.05) is 32.8 Å². The zero-order valence-electron chi connectivity index (χ0n) is 13.3. The molecule has 1 unspecified atom stereocenters. The highest BCUT2D eigenvalue weighted by atomic mass is 16.6. The number of ether oxygens (including phenoxy) is 1. The summed E-state index contributed by atoms with van der Waals surface area (Å²) in [6, 6.07) is 0. The van der Waals surface area contributed by atoms with E-state index in [2.05, 4.69) is 15.5 Å². The van der Waals surface area contributed by atoms with E-state index in [0.717, 1.165) is 25.8 Å². The number of nitrogens with zero attached hydrogens (tertiary/aromatic N) is 6. The van der Waals surface area contributed by atoms with Gasteiger partial charge >= 0.3 is 6.09 Å². The molecule has 0 spiro atoms. The normalized spacial score (nSPS) is 21.5. The van der Waals surface area contributed by atoms with Crippen molar-refractivity contribution in [2.45, 2.75) is 38.6 Å². The molecule has 0 bridgehead atoms. The Labute approximate surface area is 134 Å². The average Bonchev–Trinajstić information content (AvgIpc) is 2.94. The summed E-state index contributed by atoms with van der Waals surface area (Å²) in [6.45, 7) is 4.97. The average molecular weight is 322 g/mol. The van der Waals surface area contributed by atoms with Crippen LogP contribution < -0.4 is 0 Å². The minimum absolute atomic E-state index is 0.0615. The molecule has 0 N–H and O–H groups in total. The largest absolute Gasteiger partial charge is 0.450 e. The Kier molecular flexibility index (Phi) is 4.73. The molecule has 2 aliphatic rings. The molecule has 0 saturated carbocycles. The molecule has 1 aromatic rings. The lowest BCUT2D eigenvalue weighted by Gasteiger charge is -2.35. The molecule has 0 radical (unpaired) electrons. The maximum atomic E-state index is 12.9. The predicted octanol–water partition coefficient (Wildman–Crippen LogP) is 0.241. The van der Waals surface area contributed by atoms with E-state index >= 15 is 0 Å². The third-order valence-corrected chi connectivity index (χ3v) is 4.40. The fraction of sp³-hybridized carbons (Fsp3) is 0.786. The molecule has 126 valence electrons. The Balaban J connectivity index is 1.63. The second-order valence-electron chi connectivity index (χ2n) is 5.82. The van der Waals surface area contributed by atoms with Gasteiger partial charge in [-0.25, -0.2) is 9.48 Å². The van der Waals surface area contributed by atoms with Gasteiger partial charge in [-0.2, -0.15) is 0 Å². The molecule has 2 aliphatic heterocycles. The molecule has 1 aromatic heterocycles. The lowest BCUT2D eigenvalue weighted by atomic mass is 10.0. The van der Waals surface area contributed by atoms with Crippen LogP contribution in [0, 0.1) is 0 Å². The Morgan fingerprint density at radius 1 is 1.13 bits per heavy atom. The Hall–Kier alpha value is -2.19. The SMILES string of the molecule is CCOC(=O)N1CCN(C(=O)C2CCCCn3nnnc32)CC1. The van der Waals surface area contributed by atoms with Gasteiger partial charge in [-0.15, -0.1) is 5.10 Å². The second-order valence-corrected chi connectivity index (χ2v) is 5.82. The van der Waals surface area contributed by atoms with Crippen LogP contribution in [0.3, 0.4) is 0 Å². The first-order chi connectivity index (χ1) is 11.2. The van der Waals surface area contributed by atoms with E-state index in [1.807, 2.05) is 4.90 Å². The van der Waals surface area contributed by atoms with Crippen molar-refractivity contribution >= 4 is 12.0 Å². The molecule has 0 aliphatic carbocycles. The van der Waals surface area contributed by atoms with Crippen LogP contribution in [-0.2, 0) is 16.1 Å². The van der Waals surface area contributed by atoms with E-state index in [1.54, 1.807) is 16.5 Å². The molecule has 3 rings (SSSR count). The van der Waals surface area contributed by atoms with Gasteiger partial charge in [-0.05, 0) is 30.2 Å². The van der Waals surface area contributed by atoms with Gasteiger partial charge in [0, 0.05) is 32.7 Å². The van der Waals surface area contributed by atoms with Crippen molar-refractivity contribution in [3.05, 3.63) is 5.82 Å². The quantitative estimate of drug-likeness (QED) is 0.774. The van der Waals surface area contributed by atoms with Crippen molar-refractivity contribution < 1.29 is 14.3 Å². The van der Waals surface area contributed by atoms with E-state index in [0.29, 0.717) is 38.6 Å². The molecule has 3 heterocycles. The summed E-state index contributed by atoms with van der Waals surface area (Å²) in [6.07, 6.45) is 2.43. The number of aromatic nitrogens is 4. The van der Waals surface area contributed by atoms with Crippen LogP contribution in [0.5, 0.6) is 0 Å². The van der Waals surface area contributed by atoms with Crippen LogP contribution in [0.2, 0.25) is 0 Å². The van der Waals surface area contributed by atoms with Crippen LogP contribution in [0.15, 0.2) is 0 Å². The van der Waals surface area contributed by atoms with Gasteiger partial charge in [0.25, 0.3) is 0 Å². The number of carbonyl (C=O) groups is 2. The second kappa shape index (κ2) is 6.93. The minimum Gasteiger partial charge on any atom is -0.450 e. The highest BCUT2D eigenvalue weighted by molar-refractivity contribution is 5.83. The van der Waals surface area contributed by atoms with Crippen LogP contribution in [0.4, 0.5) is 4.79 Å². The van der Waals surface area contributed by atoms with E-state index in [-0.39, 0.29) is 17.9 Å². The van der Waals surface area contributed by atoms with Gasteiger partial charge < -0.3 is 14.5 Å². The molecular formula is C14H22N6O3. The Bertz CT molecular complexity index is 567. The van der Waals surface area contributed by atoms with Crippen molar-refractivity contribution in [1.29, 1.82) is 0 Å². The van der Waals surface area contributed by atoms with Crippen molar-refractivity contribution in [2.24, 2.45) is 0 Å². The lowest BCUT2D eigenvalue weighted by Crippen LogP contribution is -2.51. The number of aryl methyl sites for hydroxylation is 1. The monoisotopic (exact) mass is 322 g/mol. The summed E-state index contributed by atoms with van der Waals surface area (Å²) < 4.78 is 6.74. The first-order valence-corrected chi connectivity index (χ1v) is 8.17. The van der Waals surface area contributed by atoms with Crippen molar-refractivity contribution in [3.8, 4) is 0 Å². The fourth-order valence-corrected chi connectivity index (χ4v) is 3.14. The van der Waals surface area contributed by atoms with Gasteiger partial charge in [0.15, 0.2) is 5.82 Å². The first-order valence-electron chi connectivity index (χ1n) is 8.17. The van der Waals surface area contributed by atoms with Crippen LogP contribution in [0.1, 0.15) is 37.9 Å². The van der Waals surface area contributed by atoms with E-state index in [4.69, 9.17) is 4.74 Å². The summed E-state index contributed by atoms with van der Waals surface area (Å²) in [4.78, 5) is 28.0. The smallest absolute Gasteiger partial charge is 0.409 e. The predicted molar refractivity (Wildman–Crippen MR) is 79.6 cm³/mol. The fourth-order valence-electron chi connectivity index (χ4n) is 3.14. The van der Waals surface area contributed by atoms with Crippen molar-refractivity contribution in [1.82, 2.24) is 30.0 Å². The zero-order valence-corrected chi connectivity index (χ0v) is 13.3. The van der Waals surface area contributed by atoms with Gasteiger partial charge in [-0.3, -0.25) is 4.79 Å². The number of rotatable bonds is 2. The first kappa shape index (κ1) is 15.7.